The van der Waals surface area contributed by atoms with E-state index in [1.54, 1.807) is 0 Å². The number of unbranched alkanes of at least 4 members (excludes halogenated alkanes) is 1. The second-order valence-electron chi connectivity index (χ2n) is 3.58. The summed E-state index contributed by atoms with van der Waals surface area (Å²) < 4.78 is 0. The number of rotatable bonds is 7. The molecule has 0 rings (SSSR count). The molecule has 0 amide bonds. The monoisotopic (exact) mass is 186 g/mol. The van der Waals surface area contributed by atoms with Gasteiger partial charge < -0.3 is 5.73 Å². The van der Waals surface area contributed by atoms with Crippen LogP contribution in [0.15, 0.2) is 0 Å². The lowest BCUT2D eigenvalue weighted by molar-refractivity contribution is -0.123. The molecular formula is C10H22N2O. The quantitative estimate of drug-likeness (QED) is 0.604. The van der Waals surface area contributed by atoms with E-state index in [0.717, 1.165) is 25.8 Å². The van der Waals surface area contributed by atoms with Crippen LogP contribution in [0, 0.1) is 0 Å². The van der Waals surface area contributed by atoms with Crippen molar-refractivity contribution in [1.82, 2.24) is 4.90 Å². The van der Waals surface area contributed by atoms with Crippen molar-refractivity contribution in [2.75, 3.05) is 20.6 Å². The fourth-order valence-electron chi connectivity index (χ4n) is 1.42. The average Bonchev–Trinajstić information content (AvgIpc) is 2.11. The predicted molar refractivity (Wildman–Crippen MR) is 55.7 cm³/mol. The molecule has 0 aromatic heterocycles. The van der Waals surface area contributed by atoms with Crippen molar-refractivity contribution in [2.24, 2.45) is 5.73 Å². The summed E-state index contributed by atoms with van der Waals surface area (Å²) in [6.07, 6.45) is 3.63. The van der Waals surface area contributed by atoms with Gasteiger partial charge in [0.25, 0.3) is 0 Å². The maximum atomic E-state index is 11.5. The van der Waals surface area contributed by atoms with Gasteiger partial charge in [0.1, 0.15) is 5.78 Å². The highest BCUT2D eigenvalue weighted by Gasteiger charge is 2.17. The van der Waals surface area contributed by atoms with Gasteiger partial charge in [-0.25, -0.2) is 0 Å². The Balaban J connectivity index is 3.88. The van der Waals surface area contributed by atoms with Gasteiger partial charge in [0.05, 0.1) is 6.04 Å². The van der Waals surface area contributed by atoms with Gasteiger partial charge in [-0.1, -0.05) is 13.3 Å². The summed E-state index contributed by atoms with van der Waals surface area (Å²) in [7, 11) is 3.92. The van der Waals surface area contributed by atoms with Crippen LogP contribution in [0.2, 0.25) is 0 Å². The van der Waals surface area contributed by atoms with Crippen LogP contribution in [0.25, 0.3) is 0 Å². The van der Waals surface area contributed by atoms with Crippen LogP contribution < -0.4 is 5.73 Å². The molecule has 0 spiro atoms. The Morgan fingerprint density at radius 1 is 1.38 bits per heavy atom. The second kappa shape index (κ2) is 7.04. The average molecular weight is 186 g/mol. The number of ketones is 1. The molecule has 0 bridgehead atoms. The van der Waals surface area contributed by atoms with Crippen LogP contribution in [-0.2, 0) is 4.79 Å². The van der Waals surface area contributed by atoms with E-state index in [1.807, 2.05) is 25.9 Å². The fraction of sp³-hybridized carbons (Fsp3) is 0.900. The number of carbonyl (C=O) groups is 1. The van der Waals surface area contributed by atoms with Gasteiger partial charge in [-0.15, -0.1) is 0 Å². The molecule has 78 valence electrons. The van der Waals surface area contributed by atoms with Gasteiger partial charge in [-0.2, -0.15) is 0 Å². The van der Waals surface area contributed by atoms with Gasteiger partial charge in [0.15, 0.2) is 0 Å². The minimum Gasteiger partial charge on any atom is -0.330 e. The second-order valence-corrected chi connectivity index (χ2v) is 3.58. The molecule has 13 heavy (non-hydrogen) atoms. The standard InChI is InChI=1S/C10H22N2O/c1-4-10(13)9(12(2)3)7-5-6-8-11/h9H,4-8,11H2,1-3H3/t9-/m0/s1. The first-order valence-electron chi connectivity index (χ1n) is 5.02. The number of carbonyl (C=O) groups excluding carboxylic acids is 1. The third kappa shape index (κ3) is 5.01. The first kappa shape index (κ1) is 12.6. The Hall–Kier alpha value is -0.410. The molecular weight excluding hydrogens is 164 g/mol. The van der Waals surface area contributed by atoms with Gasteiger partial charge in [-0.05, 0) is 33.5 Å². The molecule has 0 aliphatic heterocycles. The lowest BCUT2D eigenvalue weighted by Crippen LogP contribution is -2.35. The van der Waals surface area contributed by atoms with E-state index in [-0.39, 0.29) is 6.04 Å². The van der Waals surface area contributed by atoms with Crippen LogP contribution in [-0.4, -0.2) is 37.4 Å². The van der Waals surface area contributed by atoms with Gasteiger partial charge in [0.2, 0.25) is 0 Å². The van der Waals surface area contributed by atoms with Gasteiger partial charge in [0, 0.05) is 6.42 Å². The van der Waals surface area contributed by atoms with Crippen molar-refractivity contribution >= 4 is 5.78 Å². The highest BCUT2D eigenvalue weighted by molar-refractivity contribution is 5.83. The highest BCUT2D eigenvalue weighted by Crippen LogP contribution is 2.08. The van der Waals surface area contributed by atoms with Crippen molar-refractivity contribution in [2.45, 2.75) is 38.6 Å². The molecule has 3 heteroatoms. The number of likely N-dealkylation sites (N-methyl/N-ethyl adjacent to an activating group) is 1. The van der Waals surface area contributed by atoms with E-state index in [4.69, 9.17) is 5.73 Å². The number of hydrogen-bond acceptors (Lipinski definition) is 3. The molecule has 0 saturated carbocycles. The zero-order valence-electron chi connectivity index (χ0n) is 9.05. The topological polar surface area (TPSA) is 46.3 Å². The van der Waals surface area contributed by atoms with Crippen molar-refractivity contribution < 1.29 is 4.79 Å². The Kier molecular flexibility index (Phi) is 6.82. The Morgan fingerprint density at radius 3 is 2.38 bits per heavy atom. The fourth-order valence-corrected chi connectivity index (χ4v) is 1.42. The van der Waals surface area contributed by atoms with E-state index in [2.05, 4.69) is 0 Å². The number of Topliss-reactive ketones (excluding diaryl/α,β-unsaturated/α-hetero) is 1. The van der Waals surface area contributed by atoms with E-state index in [1.165, 1.54) is 0 Å². The summed E-state index contributed by atoms with van der Waals surface area (Å²) in [5, 5.41) is 0. The maximum absolute atomic E-state index is 11.5. The third-order valence-electron chi connectivity index (χ3n) is 2.28. The largest absolute Gasteiger partial charge is 0.330 e. The van der Waals surface area contributed by atoms with Crippen LogP contribution >= 0.6 is 0 Å². The minimum atomic E-state index is 0.0940. The number of hydrogen-bond donors (Lipinski definition) is 1. The molecule has 0 heterocycles. The predicted octanol–water partition coefficient (Wildman–Crippen LogP) is 1.02. The summed E-state index contributed by atoms with van der Waals surface area (Å²) in [4.78, 5) is 13.5. The SMILES string of the molecule is CCC(=O)[C@H](CCCCN)N(C)C. The summed E-state index contributed by atoms with van der Waals surface area (Å²) in [5.41, 5.74) is 5.40. The van der Waals surface area contributed by atoms with Crippen LogP contribution in [0.5, 0.6) is 0 Å². The molecule has 0 radical (unpaired) electrons. The molecule has 3 nitrogen and oxygen atoms in total. The molecule has 0 aliphatic carbocycles. The summed E-state index contributed by atoms with van der Waals surface area (Å²) in [6, 6.07) is 0.0940. The molecule has 0 aromatic carbocycles. The van der Waals surface area contributed by atoms with Crippen LogP contribution in [0.1, 0.15) is 32.6 Å². The molecule has 0 aliphatic rings. The third-order valence-corrected chi connectivity index (χ3v) is 2.28. The zero-order chi connectivity index (χ0) is 10.3. The van der Waals surface area contributed by atoms with E-state index in [9.17, 15) is 4.79 Å². The maximum Gasteiger partial charge on any atom is 0.149 e. The van der Waals surface area contributed by atoms with Gasteiger partial charge in [-0.3, -0.25) is 9.69 Å². The normalized spacial score (nSPS) is 13.3. The Labute approximate surface area is 81.3 Å². The smallest absolute Gasteiger partial charge is 0.149 e. The molecule has 0 fully saturated rings. The number of nitrogens with zero attached hydrogens (tertiary/aromatic N) is 1. The zero-order valence-corrected chi connectivity index (χ0v) is 9.05. The highest BCUT2D eigenvalue weighted by atomic mass is 16.1. The van der Waals surface area contributed by atoms with Crippen LogP contribution in [0.3, 0.4) is 0 Å². The van der Waals surface area contributed by atoms with Crippen molar-refractivity contribution in [3.63, 3.8) is 0 Å². The number of nitrogens with two attached hydrogens (primary N) is 1. The first-order valence-corrected chi connectivity index (χ1v) is 5.02. The Morgan fingerprint density at radius 2 is 2.00 bits per heavy atom. The summed E-state index contributed by atoms with van der Waals surface area (Å²) >= 11 is 0. The lowest BCUT2D eigenvalue weighted by Gasteiger charge is -2.22. The summed E-state index contributed by atoms with van der Waals surface area (Å²) in [6.45, 7) is 2.64. The van der Waals surface area contributed by atoms with E-state index in [0.29, 0.717) is 12.2 Å². The molecule has 2 N–H and O–H groups in total. The molecule has 0 saturated heterocycles. The van der Waals surface area contributed by atoms with Gasteiger partial charge >= 0.3 is 0 Å². The first-order chi connectivity index (χ1) is 6.13. The molecule has 1 atom stereocenters. The molecule has 0 aromatic rings. The minimum absolute atomic E-state index is 0.0940. The van der Waals surface area contributed by atoms with Crippen molar-refractivity contribution in [3.05, 3.63) is 0 Å². The van der Waals surface area contributed by atoms with Crippen LogP contribution in [0.4, 0.5) is 0 Å². The lowest BCUT2D eigenvalue weighted by atomic mass is 10.0. The van der Waals surface area contributed by atoms with E-state index < -0.39 is 0 Å². The summed E-state index contributed by atoms with van der Waals surface area (Å²) in [5.74, 6) is 0.335. The molecule has 0 unspecified atom stereocenters. The van der Waals surface area contributed by atoms with Crippen molar-refractivity contribution in [1.29, 1.82) is 0 Å². The van der Waals surface area contributed by atoms with E-state index >= 15 is 0 Å². The Bertz CT molecular complexity index is 146. The van der Waals surface area contributed by atoms with Crippen molar-refractivity contribution in [3.8, 4) is 0 Å².